The minimum absolute atomic E-state index is 0.179. The van der Waals surface area contributed by atoms with Crippen LogP contribution in [0.2, 0.25) is 0 Å². The highest BCUT2D eigenvalue weighted by Crippen LogP contribution is 2.30. The first-order valence-electron chi connectivity index (χ1n) is 8.54. The number of halogens is 3. The molecule has 6 heteroatoms. The van der Waals surface area contributed by atoms with Crippen LogP contribution in [0.4, 0.5) is 13.2 Å². The summed E-state index contributed by atoms with van der Waals surface area (Å²) in [5.41, 5.74) is 1.23. The molecule has 3 nitrogen and oxygen atoms in total. The molecule has 0 unspecified atom stereocenters. The molecule has 0 amide bonds. The average molecular weight is 390 g/mol. The summed E-state index contributed by atoms with van der Waals surface area (Å²) in [6.07, 6.45) is 0.392. The Hall–Kier alpha value is -3.02. The Morgan fingerprint density at radius 2 is 1.71 bits per heavy atom. The molecule has 2 aromatic rings. The minimum Gasteiger partial charge on any atom is -0.493 e. The van der Waals surface area contributed by atoms with Gasteiger partial charge < -0.3 is 9.47 Å². The van der Waals surface area contributed by atoms with E-state index in [4.69, 9.17) is 9.47 Å². The fourth-order valence-electron chi connectivity index (χ4n) is 2.30. The van der Waals surface area contributed by atoms with E-state index in [0.29, 0.717) is 23.7 Å². The van der Waals surface area contributed by atoms with Gasteiger partial charge in [-0.3, -0.25) is 4.79 Å². The van der Waals surface area contributed by atoms with Crippen LogP contribution in [0, 0.1) is 0 Å². The second-order valence-electron chi connectivity index (χ2n) is 6.28. The van der Waals surface area contributed by atoms with Crippen molar-refractivity contribution < 1.29 is 27.4 Å². The molecule has 0 aliphatic heterocycles. The number of ether oxygens (including phenoxy) is 2. The number of ketones is 1. The SMILES string of the molecule is COc1cc(/C=C/C(=O)c2ccc(C(F)(F)F)cc2)ccc1OCC=C(C)C. The first-order chi connectivity index (χ1) is 13.2. The van der Waals surface area contributed by atoms with Gasteiger partial charge in [0.25, 0.3) is 0 Å². The summed E-state index contributed by atoms with van der Waals surface area (Å²) in [4.78, 5) is 12.2. The van der Waals surface area contributed by atoms with Crippen LogP contribution in [-0.2, 0) is 6.18 Å². The first kappa shape index (κ1) is 21.3. The van der Waals surface area contributed by atoms with Crippen molar-refractivity contribution in [1.82, 2.24) is 0 Å². The number of benzene rings is 2. The number of methoxy groups -OCH3 is 1. The Kier molecular flexibility index (Phi) is 7.04. The van der Waals surface area contributed by atoms with E-state index in [0.717, 1.165) is 29.8 Å². The maximum atomic E-state index is 12.6. The van der Waals surface area contributed by atoms with Gasteiger partial charge in [-0.05, 0) is 55.8 Å². The summed E-state index contributed by atoms with van der Waals surface area (Å²) in [7, 11) is 1.52. The van der Waals surface area contributed by atoms with Gasteiger partial charge in [-0.15, -0.1) is 0 Å². The second kappa shape index (κ2) is 9.26. The number of alkyl halides is 3. The monoisotopic (exact) mass is 390 g/mol. The van der Waals surface area contributed by atoms with Gasteiger partial charge in [0.05, 0.1) is 12.7 Å². The molecule has 0 heterocycles. The zero-order valence-corrected chi connectivity index (χ0v) is 15.8. The molecule has 0 saturated carbocycles. The summed E-state index contributed by atoms with van der Waals surface area (Å²) in [5.74, 6) is 0.703. The van der Waals surface area contributed by atoms with Gasteiger partial charge in [-0.2, -0.15) is 13.2 Å². The summed E-state index contributed by atoms with van der Waals surface area (Å²) in [5, 5.41) is 0. The Balaban J connectivity index is 2.10. The Bertz CT molecular complexity index is 875. The fraction of sp³-hybridized carbons (Fsp3) is 0.227. The second-order valence-corrected chi connectivity index (χ2v) is 6.28. The van der Waals surface area contributed by atoms with E-state index in [-0.39, 0.29) is 5.56 Å². The highest BCUT2D eigenvalue weighted by atomic mass is 19.4. The van der Waals surface area contributed by atoms with Crippen LogP contribution in [0.3, 0.4) is 0 Å². The number of hydrogen-bond donors (Lipinski definition) is 0. The molecule has 148 valence electrons. The van der Waals surface area contributed by atoms with Crippen molar-refractivity contribution in [2.75, 3.05) is 13.7 Å². The molecular formula is C22H21F3O3. The normalized spacial score (nSPS) is 11.4. The van der Waals surface area contributed by atoms with E-state index >= 15 is 0 Å². The predicted octanol–water partition coefficient (Wildman–Crippen LogP) is 5.96. The number of allylic oxidation sites excluding steroid dienone is 2. The maximum Gasteiger partial charge on any atom is 0.416 e. The molecule has 0 saturated heterocycles. The van der Waals surface area contributed by atoms with Crippen LogP contribution in [0.5, 0.6) is 11.5 Å². The van der Waals surface area contributed by atoms with Gasteiger partial charge >= 0.3 is 6.18 Å². The van der Waals surface area contributed by atoms with Crippen LogP contribution < -0.4 is 9.47 Å². The standard InChI is InChI=1S/C22H21F3O3/c1-15(2)12-13-28-20-11-5-16(14-21(20)27-3)4-10-19(26)17-6-8-18(9-7-17)22(23,24)25/h4-12,14H,13H2,1-3H3/b10-4+. The van der Waals surface area contributed by atoms with E-state index in [2.05, 4.69) is 0 Å². The topological polar surface area (TPSA) is 35.5 Å². The highest BCUT2D eigenvalue weighted by molar-refractivity contribution is 6.06. The van der Waals surface area contributed by atoms with E-state index in [1.807, 2.05) is 19.9 Å². The third-order valence-electron chi connectivity index (χ3n) is 3.84. The largest absolute Gasteiger partial charge is 0.493 e. The summed E-state index contributed by atoms with van der Waals surface area (Å²) < 4.78 is 48.7. The minimum atomic E-state index is -4.43. The third-order valence-corrected chi connectivity index (χ3v) is 3.84. The number of carbonyl (C=O) groups is 1. The van der Waals surface area contributed by atoms with E-state index in [1.165, 1.54) is 13.2 Å². The number of rotatable bonds is 7. The molecule has 0 atom stereocenters. The molecular weight excluding hydrogens is 369 g/mol. The Morgan fingerprint density at radius 3 is 2.29 bits per heavy atom. The molecule has 0 fully saturated rings. The molecule has 0 aliphatic rings. The molecule has 0 N–H and O–H groups in total. The lowest BCUT2D eigenvalue weighted by Gasteiger charge is -2.10. The molecule has 0 bridgehead atoms. The molecule has 0 spiro atoms. The lowest BCUT2D eigenvalue weighted by molar-refractivity contribution is -0.137. The van der Waals surface area contributed by atoms with Gasteiger partial charge in [0.1, 0.15) is 6.61 Å². The average Bonchev–Trinajstić information content (AvgIpc) is 2.65. The van der Waals surface area contributed by atoms with Crippen LogP contribution in [0.1, 0.15) is 35.3 Å². The van der Waals surface area contributed by atoms with Crippen LogP contribution >= 0.6 is 0 Å². The van der Waals surface area contributed by atoms with Crippen molar-refractivity contribution in [3.63, 3.8) is 0 Å². The zero-order valence-electron chi connectivity index (χ0n) is 15.8. The lowest BCUT2D eigenvalue weighted by atomic mass is 10.1. The Labute approximate surface area is 162 Å². The van der Waals surface area contributed by atoms with Crippen molar-refractivity contribution in [3.05, 3.63) is 76.9 Å². The Morgan fingerprint density at radius 1 is 1.04 bits per heavy atom. The third kappa shape index (κ3) is 6.01. The molecule has 0 aromatic heterocycles. The van der Waals surface area contributed by atoms with Gasteiger partial charge in [-0.1, -0.05) is 29.8 Å². The van der Waals surface area contributed by atoms with Crippen LogP contribution in [0.25, 0.3) is 6.08 Å². The van der Waals surface area contributed by atoms with Gasteiger partial charge in [0, 0.05) is 5.56 Å². The van der Waals surface area contributed by atoms with Crippen molar-refractivity contribution >= 4 is 11.9 Å². The van der Waals surface area contributed by atoms with Crippen molar-refractivity contribution in [3.8, 4) is 11.5 Å². The summed E-state index contributed by atoms with van der Waals surface area (Å²) >= 11 is 0. The van der Waals surface area contributed by atoms with Crippen molar-refractivity contribution in [2.45, 2.75) is 20.0 Å². The maximum absolute atomic E-state index is 12.6. The van der Waals surface area contributed by atoms with Gasteiger partial charge in [0.2, 0.25) is 0 Å². The molecule has 28 heavy (non-hydrogen) atoms. The van der Waals surface area contributed by atoms with Crippen molar-refractivity contribution in [1.29, 1.82) is 0 Å². The predicted molar refractivity (Wildman–Crippen MR) is 103 cm³/mol. The summed E-state index contributed by atoms with van der Waals surface area (Å²) in [6.45, 7) is 4.37. The quantitative estimate of drug-likeness (QED) is 0.333. The number of hydrogen-bond acceptors (Lipinski definition) is 3. The molecule has 0 aliphatic carbocycles. The summed E-state index contributed by atoms with van der Waals surface area (Å²) in [6, 6.07) is 9.32. The zero-order chi connectivity index (χ0) is 20.7. The lowest BCUT2D eigenvalue weighted by Crippen LogP contribution is -2.05. The highest BCUT2D eigenvalue weighted by Gasteiger charge is 2.30. The smallest absolute Gasteiger partial charge is 0.416 e. The van der Waals surface area contributed by atoms with E-state index in [1.54, 1.807) is 24.3 Å². The number of carbonyl (C=O) groups excluding carboxylic acids is 1. The van der Waals surface area contributed by atoms with E-state index in [9.17, 15) is 18.0 Å². The van der Waals surface area contributed by atoms with Crippen LogP contribution in [-0.4, -0.2) is 19.5 Å². The van der Waals surface area contributed by atoms with E-state index < -0.39 is 17.5 Å². The first-order valence-corrected chi connectivity index (χ1v) is 8.54. The van der Waals surface area contributed by atoms with Crippen LogP contribution in [0.15, 0.2) is 60.2 Å². The van der Waals surface area contributed by atoms with Crippen molar-refractivity contribution in [2.24, 2.45) is 0 Å². The molecule has 0 radical (unpaired) electrons. The molecule has 2 aromatic carbocycles. The van der Waals surface area contributed by atoms with Gasteiger partial charge in [0.15, 0.2) is 17.3 Å². The van der Waals surface area contributed by atoms with Gasteiger partial charge in [-0.25, -0.2) is 0 Å². The molecule has 2 rings (SSSR count). The fourth-order valence-corrected chi connectivity index (χ4v) is 2.30.